The van der Waals surface area contributed by atoms with Crippen molar-refractivity contribution in [3.8, 4) is 0 Å². The Balaban J connectivity index is 4.90. The Morgan fingerprint density at radius 1 is 1.50 bits per heavy atom. The third-order valence-corrected chi connectivity index (χ3v) is 2.46. The number of alkyl halides is 2. The van der Waals surface area contributed by atoms with Gasteiger partial charge in [-0.2, -0.15) is 17.2 Å². The van der Waals surface area contributed by atoms with Crippen molar-refractivity contribution in [2.24, 2.45) is 0 Å². The molecule has 7 heteroatoms. The maximum Gasteiger partial charge on any atom is 0.426 e. The average molecular weight is 202 g/mol. The van der Waals surface area contributed by atoms with Gasteiger partial charge < -0.3 is 0 Å². The third-order valence-electron chi connectivity index (χ3n) is 0.997. The topological polar surface area (TPSA) is 60.4 Å². The predicted octanol–water partition coefficient (Wildman–Crippen LogP) is 0.535. The number of rotatable bonds is 4. The molecule has 0 N–H and O–H groups in total. The summed E-state index contributed by atoms with van der Waals surface area (Å²) in [5.41, 5.74) is 0. The van der Waals surface area contributed by atoms with E-state index >= 15 is 0 Å². The minimum Gasteiger partial charge on any atom is -0.292 e. The molecule has 0 radical (unpaired) electrons. The number of hydrogen-bond acceptors (Lipinski definition) is 4. The van der Waals surface area contributed by atoms with Gasteiger partial charge in [0.15, 0.2) is 0 Å². The molecule has 0 heterocycles. The largest absolute Gasteiger partial charge is 0.426 e. The predicted molar refractivity (Wildman–Crippen MR) is 36.2 cm³/mol. The first-order valence-corrected chi connectivity index (χ1v) is 4.44. The minimum atomic E-state index is -5.09. The van der Waals surface area contributed by atoms with Gasteiger partial charge in [-0.25, -0.2) is 0 Å². The fraction of sp³-hybridized carbons (Fsp3) is 0.800. The third kappa shape index (κ3) is 1.98. The van der Waals surface area contributed by atoms with Crippen LogP contribution in [0, 0.1) is 0 Å². The van der Waals surface area contributed by atoms with Crippen molar-refractivity contribution < 1.29 is 26.2 Å². The summed E-state index contributed by atoms with van der Waals surface area (Å²) in [5, 5.41) is -4.44. The van der Waals surface area contributed by atoms with Crippen LogP contribution in [0.5, 0.6) is 0 Å². The molecule has 0 saturated heterocycles. The summed E-state index contributed by atoms with van der Waals surface area (Å²) < 4.78 is 49.7. The highest BCUT2D eigenvalue weighted by molar-refractivity contribution is 7.88. The highest BCUT2D eigenvalue weighted by Crippen LogP contribution is 2.24. The van der Waals surface area contributed by atoms with Crippen LogP contribution in [0.15, 0.2) is 0 Å². The summed E-state index contributed by atoms with van der Waals surface area (Å²) in [7, 11) is -5.09. The van der Waals surface area contributed by atoms with Crippen LogP contribution in [0.4, 0.5) is 8.78 Å². The van der Waals surface area contributed by atoms with Gasteiger partial charge in [-0.15, -0.1) is 0 Å². The van der Waals surface area contributed by atoms with E-state index in [0.717, 1.165) is 0 Å². The van der Waals surface area contributed by atoms with E-state index in [1.165, 1.54) is 6.92 Å². The Morgan fingerprint density at radius 3 is 2.17 bits per heavy atom. The van der Waals surface area contributed by atoms with Crippen LogP contribution in [-0.2, 0) is 19.1 Å². The zero-order valence-corrected chi connectivity index (χ0v) is 7.32. The fourth-order valence-corrected chi connectivity index (χ4v) is 1.22. The molecule has 0 unspecified atom stereocenters. The molecule has 0 amide bonds. The van der Waals surface area contributed by atoms with Crippen molar-refractivity contribution in [1.29, 1.82) is 0 Å². The molecule has 0 atom stereocenters. The normalized spacial score (nSPS) is 13.0. The first-order valence-electron chi connectivity index (χ1n) is 3.03. The molecule has 0 aromatic heterocycles. The number of carbonyl (C=O) groups is 1. The van der Waals surface area contributed by atoms with Gasteiger partial charge >= 0.3 is 15.4 Å². The molecule has 4 nitrogen and oxygen atoms in total. The van der Waals surface area contributed by atoms with E-state index in [2.05, 4.69) is 4.18 Å². The highest BCUT2D eigenvalue weighted by Gasteiger charge is 2.51. The Labute approximate surface area is 68.6 Å². The monoisotopic (exact) mass is 202 g/mol. The number of hydrogen-bond donors (Lipinski definition) is 0. The van der Waals surface area contributed by atoms with Crippen LogP contribution in [0.3, 0.4) is 0 Å². The van der Waals surface area contributed by atoms with Gasteiger partial charge in [-0.05, 0) is 6.92 Å². The number of halogens is 2. The summed E-state index contributed by atoms with van der Waals surface area (Å²) in [4.78, 5) is 10.2. The lowest BCUT2D eigenvalue weighted by molar-refractivity contribution is -0.131. The van der Waals surface area contributed by atoms with Crippen LogP contribution < -0.4 is 0 Å². The molecular formula is C5H8F2O4S. The summed E-state index contributed by atoms with van der Waals surface area (Å²) in [6.45, 7) is 1.29. The number of carbonyl (C=O) groups excluding carboxylic acids is 1. The van der Waals surface area contributed by atoms with Crippen LogP contribution >= 0.6 is 0 Å². The summed E-state index contributed by atoms with van der Waals surface area (Å²) >= 11 is 0. The highest BCUT2D eigenvalue weighted by atomic mass is 32.2. The quantitative estimate of drug-likeness (QED) is 0.624. The van der Waals surface area contributed by atoms with Crippen molar-refractivity contribution >= 4 is 15.9 Å². The van der Waals surface area contributed by atoms with Crippen molar-refractivity contribution in [3.05, 3.63) is 0 Å². The van der Waals surface area contributed by atoms with Crippen molar-refractivity contribution in [2.45, 2.75) is 19.1 Å². The van der Waals surface area contributed by atoms with E-state index in [-0.39, 0.29) is 0 Å². The van der Waals surface area contributed by atoms with E-state index in [1.807, 2.05) is 0 Å². The maximum absolute atomic E-state index is 12.4. The number of ketones is 1. The zero-order valence-electron chi connectivity index (χ0n) is 6.50. The minimum absolute atomic E-state index is 0.425. The van der Waals surface area contributed by atoms with Gasteiger partial charge in [-0.3, -0.25) is 8.98 Å². The Hall–Kier alpha value is -0.560. The molecule has 0 fully saturated rings. The van der Waals surface area contributed by atoms with E-state index in [0.29, 0.717) is 6.92 Å². The van der Waals surface area contributed by atoms with Crippen molar-refractivity contribution in [1.82, 2.24) is 0 Å². The molecule has 0 saturated carbocycles. The molecule has 0 aliphatic carbocycles. The fourth-order valence-electron chi connectivity index (χ4n) is 0.405. The molecule has 72 valence electrons. The molecule has 0 spiro atoms. The van der Waals surface area contributed by atoms with Gasteiger partial charge in [0.25, 0.3) is 0 Å². The molecule has 0 aromatic carbocycles. The smallest absolute Gasteiger partial charge is 0.292 e. The van der Waals surface area contributed by atoms with Crippen LogP contribution in [0.25, 0.3) is 0 Å². The average Bonchev–Trinajstić information content (AvgIpc) is 1.86. The second kappa shape index (κ2) is 3.44. The second-order valence-corrected chi connectivity index (χ2v) is 3.59. The van der Waals surface area contributed by atoms with E-state index in [9.17, 15) is 22.0 Å². The van der Waals surface area contributed by atoms with Gasteiger partial charge in [0.1, 0.15) is 0 Å². The first kappa shape index (κ1) is 11.4. The molecule has 0 aliphatic heterocycles. The molecule has 0 rings (SSSR count). The Morgan fingerprint density at radius 2 is 1.92 bits per heavy atom. The molecule has 12 heavy (non-hydrogen) atoms. The summed E-state index contributed by atoms with van der Waals surface area (Å²) in [6.07, 6.45) is 0. The lowest BCUT2D eigenvalue weighted by Crippen LogP contribution is -2.37. The van der Waals surface area contributed by atoms with Crippen LogP contribution in [0.2, 0.25) is 0 Å². The maximum atomic E-state index is 12.4. The standard InChI is InChI=1S/C5H8F2O4S/c1-3-11-12(9,10)5(6,7)4(2)8/h3H2,1-2H3. The SMILES string of the molecule is CCOS(=O)(=O)C(F)(F)C(C)=O. The zero-order chi connectivity index (χ0) is 9.99. The van der Waals surface area contributed by atoms with Crippen LogP contribution in [0.1, 0.15) is 13.8 Å². The molecule has 0 bridgehead atoms. The second-order valence-electron chi connectivity index (χ2n) is 1.93. The van der Waals surface area contributed by atoms with Gasteiger partial charge in [0, 0.05) is 6.92 Å². The van der Waals surface area contributed by atoms with E-state index < -0.39 is 27.8 Å². The summed E-state index contributed by atoms with van der Waals surface area (Å²) in [6, 6.07) is 0. The van der Waals surface area contributed by atoms with Crippen molar-refractivity contribution in [3.63, 3.8) is 0 Å². The molecule has 0 aliphatic rings. The lowest BCUT2D eigenvalue weighted by atomic mass is 10.5. The molecular weight excluding hydrogens is 194 g/mol. The van der Waals surface area contributed by atoms with E-state index in [4.69, 9.17) is 0 Å². The Bertz CT molecular complexity index is 269. The number of Topliss-reactive ketones (excluding diaryl/α,β-unsaturated/α-hetero) is 1. The lowest BCUT2D eigenvalue weighted by Gasteiger charge is -2.11. The molecule has 0 aromatic rings. The van der Waals surface area contributed by atoms with Gasteiger partial charge in [0.2, 0.25) is 5.78 Å². The van der Waals surface area contributed by atoms with Crippen LogP contribution in [-0.4, -0.2) is 26.1 Å². The summed E-state index contributed by atoms with van der Waals surface area (Å²) in [5.74, 6) is -1.75. The van der Waals surface area contributed by atoms with Gasteiger partial charge in [-0.1, -0.05) is 0 Å². The van der Waals surface area contributed by atoms with Gasteiger partial charge in [0.05, 0.1) is 6.61 Å². The van der Waals surface area contributed by atoms with Crippen molar-refractivity contribution in [2.75, 3.05) is 6.61 Å². The Kier molecular flexibility index (Phi) is 3.28. The first-order chi connectivity index (χ1) is 5.25. The van der Waals surface area contributed by atoms with E-state index in [1.54, 1.807) is 0 Å².